The second-order valence-corrected chi connectivity index (χ2v) is 12.2. The molecule has 2 bridgehead atoms. The highest BCUT2D eigenvalue weighted by atomic mass is 32.2. The highest BCUT2D eigenvalue weighted by Crippen LogP contribution is 2.67. The fraction of sp³-hybridized carbons (Fsp3) is 0.741. The van der Waals surface area contributed by atoms with E-state index in [0.717, 1.165) is 32.1 Å². The molecule has 3 heterocycles. The number of unbranched alkanes of at least 4 members (excludes halogenated alkanes) is 2. The molecular formula is C27H43N3O4S. The van der Waals surface area contributed by atoms with Crippen LogP contribution in [0.2, 0.25) is 0 Å². The third-order valence-corrected chi connectivity index (χ3v) is 9.99. The molecule has 8 heteroatoms. The van der Waals surface area contributed by atoms with E-state index in [9.17, 15) is 19.5 Å². The maximum atomic E-state index is 14.2. The minimum atomic E-state index is -0.682. The van der Waals surface area contributed by atoms with Crippen LogP contribution in [0, 0.1) is 17.8 Å². The summed E-state index contributed by atoms with van der Waals surface area (Å²) in [5.41, 5.74) is 0. The Kier molecular flexibility index (Phi) is 9.13. The summed E-state index contributed by atoms with van der Waals surface area (Å²) < 4.78 is -0.638. The van der Waals surface area contributed by atoms with E-state index in [4.69, 9.17) is 0 Å². The molecule has 3 rings (SSSR count). The molecule has 7 nitrogen and oxygen atoms in total. The molecule has 196 valence electrons. The molecule has 0 aliphatic carbocycles. The molecule has 2 unspecified atom stereocenters. The van der Waals surface area contributed by atoms with Crippen molar-refractivity contribution in [3.05, 3.63) is 25.3 Å². The first-order valence-electron chi connectivity index (χ1n) is 13.1. The molecule has 3 amide bonds. The van der Waals surface area contributed by atoms with Gasteiger partial charge < -0.3 is 19.8 Å². The van der Waals surface area contributed by atoms with Gasteiger partial charge in [0.1, 0.15) is 6.04 Å². The highest BCUT2D eigenvalue weighted by Gasteiger charge is 2.74. The second-order valence-electron chi connectivity index (χ2n) is 10.6. The summed E-state index contributed by atoms with van der Waals surface area (Å²) in [4.78, 5) is 47.0. The predicted molar refractivity (Wildman–Crippen MR) is 141 cm³/mol. The largest absolute Gasteiger partial charge is 0.394 e. The van der Waals surface area contributed by atoms with Gasteiger partial charge in [0.15, 0.2) is 0 Å². The van der Waals surface area contributed by atoms with E-state index >= 15 is 0 Å². The molecule has 35 heavy (non-hydrogen) atoms. The molecule has 0 saturated carbocycles. The minimum absolute atomic E-state index is 0.0257. The number of amides is 3. The number of nitrogens with zero attached hydrogens (tertiary/aromatic N) is 3. The molecule has 0 radical (unpaired) electrons. The van der Waals surface area contributed by atoms with Crippen LogP contribution in [0.4, 0.5) is 0 Å². The topological polar surface area (TPSA) is 81.2 Å². The first-order chi connectivity index (χ1) is 16.7. The lowest BCUT2D eigenvalue weighted by Crippen LogP contribution is -2.58. The molecule has 3 fully saturated rings. The normalized spacial score (nSPS) is 29.9. The lowest BCUT2D eigenvalue weighted by atomic mass is 9.70. The van der Waals surface area contributed by atoms with Crippen molar-refractivity contribution >= 4 is 29.5 Å². The van der Waals surface area contributed by atoms with Gasteiger partial charge in [-0.05, 0) is 25.2 Å². The Hall–Kier alpha value is -1.80. The van der Waals surface area contributed by atoms with E-state index in [-0.39, 0.29) is 35.5 Å². The number of fused-ring (bicyclic) bond motifs is 1. The summed E-state index contributed by atoms with van der Waals surface area (Å²) >= 11 is 1.68. The number of likely N-dealkylation sites (N-methyl/N-ethyl adjacent to an activating group) is 1. The van der Waals surface area contributed by atoms with Gasteiger partial charge in [-0.25, -0.2) is 0 Å². The molecule has 1 N–H and O–H groups in total. The van der Waals surface area contributed by atoms with Crippen molar-refractivity contribution in [1.29, 1.82) is 0 Å². The maximum absolute atomic E-state index is 14.2. The van der Waals surface area contributed by atoms with Crippen LogP contribution in [0.1, 0.15) is 52.9 Å². The third kappa shape index (κ3) is 4.80. The monoisotopic (exact) mass is 505 g/mol. The zero-order chi connectivity index (χ0) is 25.9. The van der Waals surface area contributed by atoms with E-state index in [1.54, 1.807) is 40.8 Å². The average molecular weight is 506 g/mol. The van der Waals surface area contributed by atoms with Crippen molar-refractivity contribution in [2.75, 3.05) is 33.3 Å². The first kappa shape index (κ1) is 27.8. The van der Waals surface area contributed by atoms with Crippen LogP contribution in [0.25, 0.3) is 0 Å². The van der Waals surface area contributed by atoms with Crippen LogP contribution in [0.15, 0.2) is 25.3 Å². The number of thioether (sulfide) groups is 1. The Morgan fingerprint density at radius 1 is 1.23 bits per heavy atom. The summed E-state index contributed by atoms with van der Waals surface area (Å²) in [6.45, 7) is 14.9. The van der Waals surface area contributed by atoms with Gasteiger partial charge in [0, 0.05) is 31.9 Å². The van der Waals surface area contributed by atoms with E-state index in [0.29, 0.717) is 19.6 Å². The second kappa shape index (κ2) is 11.5. The number of carbonyl (C=O) groups excluding carboxylic acids is 3. The fourth-order valence-electron chi connectivity index (χ4n) is 6.34. The molecule has 0 aromatic rings. The third-order valence-electron chi connectivity index (χ3n) is 8.04. The lowest BCUT2D eigenvalue weighted by molar-refractivity contribution is -0.147. The summed E-state index contributed by atoms with van der Waals surface area (Å²) in [6.07, 6.45) is 7.94. The zero-order valence-corrected chi connectivity index (χ0v) is 22.6. The van der Waals surface area contributed by atoms with Gasteiger partial charge in [-0.2, -0.15) is 0 Å². The van der Waals surface area contributed by atoms with Crippen molar-refractivity contribution < 1.29 is 19.5 Å². The van der Waals surface area contributed by atoms with Gasteiger partial charge in [-0.3, -0.25) is 14.4 Å². The fourth-order valence-corrected chi connectivity index (χ4v) is 8.53. The molecule has 3 saturated heterocycles. The number of hydrogen-bond acceptors (Lipinski definition) is 5. The highest BCUT2D eigenvalue weighted by molar-refractivity contribution is 8.02. The Labute approximate surface area is 215 Å². The smallest absolute Gasteiger partial charge is 0.247 e. The van der Waals surface area contributed by atoms with Crippen molar-refractivity contribution in [1.82, 2.24) is 14.7 Å². The van der Waals surface area contributed by atoms with E-state index in [1.807, 2.05) is 18.7 Å². The Morgan fingerprint density at radius 3 is 2.49 bits per heavy atom. The standard InChI is InChI=1S/C27H43N3O4S/c1-7-10-11-16-29(15-9-3)26(34)23-27-13-12-20(35-27)21(24(32)28(6)14-8-2)22(27)25(33)30(23)19(17-31)18(4)5/h8-9,18-23,31H,2-3,7,10-17H2,1,4-6H3/t19-,20+,21-,22-,23?,27?/m0/s1. The Bertz CT molecular complexity index is 833. The number of aliphatic hydroxyl groups excluding tert-OH is 1. The lowest BCUT2D eigenvalue weighted by Gasteiger charge is -2.40. The Morgan fingerprint density at radius 2 is 1.91 bits per heavy atom. The zero-order valence-electron chi connectivity index (χ0n) is 21.8. The van der Waals surface area contributed by atoms with Gasteiger partial charge >= 0.3 is 0 Å². The van der Waals surface area contributed by atoms with Crippen LogP contribution in [-0.4, -0.2) is 92.9 Å². The van der Waals surface area contributed by atoms with Crippen molar-refractivity contribution in [3.8, 4) is 0 Å². The number of likely N-dealkylation sites (tertiary alicyclic amines) is 1. The van der Waals surface area contributed by atoms with Crippen LogP contribution in [0.5, 0.6) is 0 Å². The first-order valence-corrected chi connectivity index (χ1v) is 13.9. The molecular weight excluding hydrogens is 462 g/mol. The van der Waals surface area contributed by atoms with Crippen molar-refractivity contribution in [3.63, 3.8) is 0 Å². The van der Waals surface area contributed by atoms with E-state index in [2.05, 4.69) is 20.1 Å². The van der Waals surface area contributed by atoms with Crippen LogP contribution in [-0.2, 0) is 14.4 Å². The Balaban J connectivity index is 2.05. The average Bonchev–Trinajstić information content (AvgIpc) is 3.46. The van der Waals surface area contributed by atoms with Crippen molar-refractivity contribution in [2.24, 2.45) is 17.8 Å². The van der Waals surface area contributed by atoms with Crippen LogP contribution in [0.3, 0.4) is 0 Å². The summed E-state index contributed by atoms with van der Waals surface area (Å²) in [5, 5.41) is 10.4. The number of hydrogen-bond donors (Lipinski definition) is 1. The summed E-state index contributed by atoms with van der Waals surface area (Å²) in [5.74, 6) is -1.30. The quantitative estimate of drug-likeness (QED) is 0.308. The molecule has 0 aromatic carbocycles. The van der Waals surface area contributed by atoms with Crippen LogP contribution < -0.4 is 0 Å². The minimum Gasteiger partial charge on any atom is -0.394 e. The van der Waals surface area contributed by atoms with Gasteiger partial charge in [-0.15, -0.1) is 24.9 Å². The molecule has 3 aliphatic rings. The summed E-state index contributed by atoms with van der Waals surface area (Å²) in [6, 6.07) is -1.16. The van der Waals surface area contributed by atoms with Gasteiger partial charge in [0.2, 0.25) is 17.7 Å². The number of carbonyl (C=O) groups is 3. The predicted octanol–water partition coefficient (Wildman–Crippen LogP) is 2.94. The van der Waals surface area contributed by atoms with Crippen LogP contribution >= 0.6 is 11.8 Å². The molecule has 6 atom stereocenters. The molecule has 0 aromatic heterocycles. The summed E-state index contributed by atoms with van der Waals surface area (Å²) in [7, 11) is 1.75. The molecule has 1 spiro atoms. The van der Waals surface area contributed by atoms with Crippen molar-refractivity contribution in [2.45, 2.75) is 75.0 Å². The van der Waals surface area contributed by atoms with Gasteiger partial charge in [0.05, 0.1) is 29.2 Å². The SMILES string of the molecule is C=CCN(C)C(=O)[C@@H]1[C@H]2C(=O)N([C@@H](CO)C(C)C)C(C(=O)N(CC=C)CCCCC)C23CC[C@H]1S3. The van der Waals surface area contributed by atoms with Gasteiger partial charge in [-0.1, -0.05) is 45.8 Å². The van der Waals surface area contributed by atoms with E-state index < -0.39 is 28.7 Å². The maximum Gasteiger partial charge on any atom is 0.247 e. The van der Waals surface area contributed by atoms with Gasteiger partial charge in [0.25, 0.3) is 0 Å². The molecule has 3 aliphatic heterocycles. The number of rotatable bonds is 13. The number of aliphatic hydroxyl groups is 1. The van der Waals surface area contributed by atoms with E-state index in [1.165, 1.54) is 0 Å².